The van der Waals surface area contributed by atoms with Gasteiger partial charge in [0.25, 0.3) is 0 Å². The summed E-state index contributed by atoms with van der Waals surface area (Å²) in [5.74, 6) is 0.101. The summed E-state index contributed by atoms with van der Waals surface area (Å²) in [6, 6.07) is 8.97. The van der Waals surface area contributed by atoms with Crippen molar-refractivity contribution in [2.24, 2.45) is 0 Å². The third-order valence-electron chi connectivity index (χ3n) is 3.17. The van der Waals surface area contributed by atoms with Crippen molar-refractivity contribution < 1.29 is 4.79 Å². The Bertz CT molecular complexity index is 488. The van der Waals surface area contributed by atoms with Gasteiger partial charge in [0.15, 0.2) is 0 Å². The van der Waals surface area contributed by atoms with E-state index in [-0.39, 0.29) is 11.9 Å². The molecule has 0 saturated carbocycles. The van der Waals surface area contributed by atoms with Crippen LogP contribution in [-0.2, 0) is 4.79 Å². The Hall–Kier alpha value is -2.06. The van der Waals surface area contributed by atoms with Gasteiger partial charge in [-0.05, 0) is 25.1 Å². The number of nitrogens with one attached hydrogen (secondary N) is 2. The topological polar surface area (TPSA) is 68.2 Å². The van der Waals surface area contributed by atoms with Crippen molar-refractivity contribution in [1.29, 1.82) is 5.26 Å². The first kappa shape index (κ1) is 13.4. The Labute approximate surface area is 113 Å². The van der Waals surface area contributed by atoms with Crippen molar-refractivity contribution in [3.8, 4) is 6.07 Å². The number of carbonyl (C=O) groups excluding carboxylic acids is 1. The van der Waals surface area contributed by atoms with Crippen LogP contribution in [0.3, 0.4) is 0 Å². The summed E-state index contributed by atoms with van der Waals surface area (Å²) in [6.07, 6.45) is 0. The zero-order valence-corrected chi connectivity index (χ0v) is 11.0. The lowest BCUT2D eigenvalue weighted by Gasteiger charge is -2.30. The molecule has 5 nitrogen and oxygen atoms in total. The Kier molecular flexibility index (Phi) is 4.37. The molecule has 1 aromatic carbocycles. The molecule has 1 amide bonds. The van der Waals surface area contributed by atoms with Gasteiger partial charge in [0.1, 0.15) is 6.04 Å². The first-order valence-corrected chi connectivity index (χ1v) is 6.47. The molecule has 0 spiro atoms. The average Bonchev–Trinajstić information content (AvgIpc) is 2.47. The van der Waals surface area contributed by atoms with Gasteiger partial charge >= 0.3 is 0 Å². The number of hydrogen-bond donors (Lipinski definition) is 2. The highest BCUT2D eigenvalue weighted by molar-refractivity contribution is 5.84. The third-order valence-corrected chi connectivity index (χ3v) is 3.17. The zero-order chi connectivity index (χ0) is 13.7. The molecular formula is C14H18N4O. The lowest BCUT2D eigenvalue weighted by atomic mass is 10.2. The van der Waals surface area contributed by atoms with Gasteiger partial charge in [-0.2, -0.15) is 5.26 Å². The predicted molar refractivity (Wildman–Crippen MR) is 73.7 cm³/mol. The van der Waals surface area contributed by atoms with Gasteiger partial charge in [-0.25, -0.2) is 0 Å². The molecule has 100 valence electrons. The Morgan fingerprint density at radius 3 is 2.89 bits per heavy atom. The first-order valence-electron chi connectivity index (χ1n) is 6.47. The molecule has 19 heavy (non-hydrogen) atoms. The van der Waals surface area contributed by atoms with Crippen molar-refractivity contribution in [1.82, 2.24) is 10.2 Å². The number of nitriles is 1. The molecule has 0 aromatic heterocycles. The summed E-state index contributed by atoms with van der Waals surface area (Å²) in [4.78, 5) is 14.1. The highest BCUT2D eigenvalue weighted by Crippen LogP contribution is 2.12. The maximum absolute atomic E-state index is 12.2. The number of hydrogen-bond acceptors (Lipinski definition) is 4. The van der Waals surface area contributed by atoms with Gasteiger partial charge in [-0.15, -0.1) is 0 Å². The Morgan fingerprint density at radius 1 is 1.47 bits per heavy atom. The molecule has 5 heteroatoms. The molecule has 1 aromatic rings. The molecule has 1 aliphatic heterocycles. The summed E-state index contributed by atoms with van der Waals surface area (Å²) in [5.41, 5.74) is 1.39. The number of piperazine rings is 1. The highest BCUT2D eigenvalue weighted by atomic mass is 16.2. The van der Waals surface area contributed by atoms with Crippen LogP contribution in [0.25, 0.3) is 0 Å². The second-order valence-corrected chi connectivity index (χ2v) is 4.63. The molecule has 2 rings (SSSR count). The molecule has 1 atom stereocenters. The molecule has 0 unspecified atom stereocenters. The Morgan fingerprint density at radius 2 is 2.21 bits per heavy atom. The predicted octanol–water partition coefficient (Wildman–Crippen LogP) is 0.790. The SMILES string of the molecule is C[C@H](Nc1cccc(C#N)c1)C(=O)N1CCNCC1. The van der Waals surface area contributed by atoms with Crippen LogP contribution in [0.4, 0.5) is 5.69 Å². The van der Waals surface area contributed by atoms with E-state index in [1.165, 1.54) is 0 Å². The van der Waals surface area contributed by atoms with Crippen LogP contribution < -0.4 is 10.6 Å². The minimum atomic E-state index is -0.285. The summed E-state index contributed by atoms with van der Waals surface area (Å²) in [7, 11) is 0. The quantitative estimate of drug-likeness (QED) is 0.841. The van der Waals surface area contributed by atoms with E-state index in [0.717, 1.165) is 31.9 Å². The van der Waals surface area contributed by atoms with E-state index in [9.17, 15) is 4.79 Å². The van der Waals surface area contributed by atoms with E-state index in [4.69, 9.17) is 5.26 Å². The fourth-order valence-corrected chi connectivity index (χ4v) is 2.15. The lowest BCUT2D eigenvalue weighted by molar-refractivity contribution is -0.132. The van der Waals surface area contributed by atoms with Gasteiger partial charge in [-0.3, -0.25) is 4.79 Å². The molecule has 1 saturated heterocycles. The second kappa shape index (κ2) is 6.21. The van der Waals surface area contributed by atoms with Crippen LogP contribution >= 0.6 is 0 Å². The maximum Gasteiger partial charge on any atom is 0.244 e. The monoisotopic (exact) mass is 258 g/mol. The van der Waals surface area contributed by atoms with E-state index < -0.39 is 0 Å². The number of nitrogens with zero attached hydrogens (tertiary/aromatic N) is 2. The van der Waals surface area contributed by atoms with E-state index in [1.807, 2.05) is 24.0 Å². The average molecular weight is 258 g/mol. The van der Waals surface area contributed by atoms with Gasteiger partial charge < -0.3 is 15.5 Å². The summed E-state index contributed by atoms with van der Waals surface area (Å²) in [6.45, 7) is 5.06. The van der Waals surface area contributed by atoms with Crippen LogP contribution in [0, 0.1) is 11.3 Å². The number of carbonyl (C=O) groups is 1. The minimum absolute atomic E-state index is 0.101. The van der Waals surface area contributed by atoms with E-state index >= 15 is 0 Å². The normalized spacial score (nSPS) is 16.5. The summed E-state index contributed by atoms with van der Waals surface area (Å²) in [5, 5.41) is 15.2. The molecule has 0 aliphatic carbocycles. The molecule has 0 bridgehead atoms. The summed E-state index contributed by atoms with van der Waals surface area (Å²) >= 11 is 0. The number of amides is 1. The van der Waals surface area contributed by atoms with Crippen LogP contribution in [0.1, 0.15) is 12.5 Å². The van der Waals surface area contributed by atoms with Gasteiger partial charge in [-0.1, -0.05) is 6.07 Å². The van der Waals surface area contributed by atoms with Gasteiger partial charge in [0.2, 0.25) is 5.91 Å². The number of rotatable bonds is 3. The molecule has 1 aliphatic rings. The zero-order valence-electron chi connectivity index (χ0n) is 11.0. The minimum Gasteiger partial charge on any atom is -0.374 e. The fourth-order valence-electron chi connectivity index (χ4n) is 2.15. The van der Waals surface area contributed by atoms with E-state index in [2.05, 4.69) is 16.7 Å². The maximum atomic E-state index is 12.2. The number of anilines is 1. The summed E-state index contributed by atoms with van der Waals surface area (Å²) < 4.78 is 0. The van der Waals surface area contributed by atoms with Gasteiger partial charge in [0.05, 0.1) is 11.6 Å². The van der Waals surface area contributed by atoms with Crippen molar-refractivity contribution in [3.05, 3.63) is 29.8 Å². The van der Waals surface area contributed by atoms with Crippen molar-refractivity contribution in [2.75, 3.05) is 31.5 Å². The van der Waals surface area contributed by atoms with E-state index in [1.54, 1.807) is 12.1 Å². The standard InChI is InChI=1S/C14H18N4O/c1-11(14(19)18-7-5-16-6-8-18)17-13-4-2-3-12(9-13)10-15/h2-4,9,11,16-17H,5-8H2,1H3/t11-/m0/s1. The molecule has 0 radical (unpaired) electrons. The van der Waals surface area contributed by atoms with Crippen LogP contribution in [0.2, 0.25) is 0 Å². The largest absolute Gasteiger partial charge is 0.374 e. The van der Waals surface area contributed by atoms with E-state index in [0.29, 0.717) is 5.56 Å². The lowest BCUT2D eigenvalue weighted by Crippen LogP contribution is -2.50. The van der Waals surface area contributed by atoms with Crippen molar-refractivity contribution >= 4 is 11.6 Å². The third kappa shape index (κ3) is 3.46. The Balaban J connectivity index is 1.97. The highest BCUT2D eigenvalue weighted by Gasteiger charge is 2.21. The second-order valence-electron chi connectivity index (χ2n) is 4.63. The molecule has 1 heterocycles. The smallest absolute Gasteiger partial charge is 0.244 e. The fraction of sp³-hybridized carbons (Fsp3) is 0.429. The van der Waals surface area contributed by atoms with Crippen LogP contribution in [0.15, 0.2) is 24.3 Å². The molecule has 1 fully saturated rings. The van der Waals surface area contributed by atoms with Crippen LogP contribution in [-0.4, -0.2) is 43.0 Å². The molecular weight excluding hydrogens is 240 g/mol. The van der Waals surface area contributed by atoms with Crippen molar-refractivity contribution in [2.45, 2.75) is 13.0 Å². The van der Waals surface area contributed by atoms with Gasteiger partial charge in [0, 0.05) is 31.9 Å². The number of benzene rings is 1. The molecule has 2 N–H and O–H groups in total. The van der Waals surface area contributed by atoms with Crippen LogP contribution in [0.5, 0.6) is 0 Å². The van der Waals surface area contributed by atoms with Crippen molar-refractivity contribution in [3.63, 3.8) is 0 Å². The first-order chi connectivity index (χ1) is 9.20.